The van der Waals surface area contributed by atoms with Crippen molar-refractivity contribution in [2.24, 2.45) is 0 Å². The van der Waals surface area contributed by atoms with Crippen LogP contribution in [-0.2, 0) is 9.53 Å². The van der Waals surface area contributed by atoms with Gasteiger partial charge in [0.2, 0.25) is 0 Å². The van der Waals surface area contributed by atoms with Crippen LogP contribution in [-0.4, -0.2) is 68.1 Å². The SMILES string of the molecule is O=C(Nc1ccc(OCC(=O)N2CCOCC2)cc1)c1ccc(OC(F)(F)[C@@H](F)C(F)(F)F)cc1. The molecule has 0 bridgehead atoms. The maximum absolute atomic E-state index is 13.3. The van der Waals surface area contributed by atoms with Crippen molar-refractivity contribution in [2.75, 3.05) is 38.2 Å². The Hall–Kier alpha value is -3.48. The van der Waals surface area contributed by atoms with E-state index in [0.717, 1.165) is 24.3 Å². The van der Waals surface area contributed by atoms with Crippen molar-refractivity contribution in [3.63, 3.8) is 0 Å². The van der Waals surface area contributed by atoms with Crippen LogP contribution in [0.25, 0.3) is 0 Å². The van der Waals surface area contributed by atoms with Crippen LogP contribution in [0.2, 0.25) is 0 Å². The minimum Gasteiger partial charge on any atom is -0.484 e. The number of anilines is 1. The summed E-state index contributed by atoms with van der Waals surface area (Å²) in [5.41, 5.74) is 0.323. The number of nitrogens with one attached hydrogen (secondary N) is 1. The predicted molar refractivity (Wildman–Crippen MR) is 110 cm³/mol. The van der Waals surface area contributed by atoms with Gasteiger partial charge in [0.25, 0.3) is 18.0 Å². The second-order valence-electron chi connectivity index (χ2n) is 7.35. The fraction of sp³-hybridized carbons (Fsp3) is 0.364. The molecular formula is C22H20F6N2O5. The first-order valence-corrected chi connectivity index (χ1v) is 10.2. The maximum atomic E-state index is 13.3. The Morgan fingerprint density at radius 2 is 1.51 bits per heavy atom. The lowest BCUT2D eigenvalue weighted by molar-refractivity contribution is -0.304. The topological polar surface area (TPSA) is 77.1 Å². The number of amides is 2. The first-order chi connectivity index (χ1) is 16.5. The lowest BCUT2D eigenvalue weighted by atomic mass is 10.2. The van der Waals surface area contributed by atoms with E-state index in [0.29, 0.717) is 37.7 Å². The van der Waals surface area contributed by atoms with Crippen molar-refractivity contribution in [1.29, 1.82) is 0 Å². The van der Waals surface area contributed by atoms with Gasteiger partial charge in [-0.1, -0.05) is 0 Å². The molecular weight excluding hydrogens is 486 g/mol. The van der Waals surface area contributed by atoms with Gasteiger partial charge >= 0.3 is 12.3 Å². The van der Waals surface area contributed by atoms with Crippen molar-refractivity contribution >= 4 is 17.5 Å². The van der Waals surface area contributed by atoms with Gasteiger partial charge in [-0.25, -0.2) is 4.39 Å². The second-order valence-corrected chi connectivity index (χ2v) is 7.35. The van der Waals surface area contributed by atoms with Gasteiger partial charge in [-0.2, -0.15) is 22.0 Å². The summed E-state index contributed by atoms with van der Waals surface area (Å²) >= 11 is 0. The van der Waals surface area contributed by atoms with Crippen LogP contribution in [0, 0.1) is 0 Å². The minimum atomic E-state index is -5.80. The number of halogens is 6. The molecule has 0 radical (unpaired) electrons. The Morgan fingerprint density at radius 1 is 0.943 bits per heavy atom. The van der Waals surface area contributed by atoms with E-state index in [4.69, 9.17) is 9.47 Å². The van der Waals surface area contributed by atoms with Crippen molar-refractivity contribution < 1.29 is 50.1 Å². The van der Waals surface area contributed by atoms with Gasteiger partial charge in [0.05, 0.1) is 13.2 Å². The molecule has 0 saturated carbocycles. The quantitative estimate of drug-likeness (QED) is 0.547. The van der Waals surface area contributed by atoms with E-state index in [2.05, 4.69) is 10.1 Å². The molecule has 1 saturated heterocycles. The van der Waals surface area contributed by atoms with Gasteiger partial charge in [0, 0.05) is 24.3 Å². The summed E-state index contributed by atoms with van der Waals surface area (Å²) in [6.07, 6.45) is -15.5. The Bertz CT molecular complexity index is 1010. The molecule has 0 aromatic heterocycles. The molecule has 0 unspecified atom stereocenters. The number of alkyl halides is 6. The zero-order valence-electron chi connectivity index (χ0n) is 18.0. The van der Waals surface area contributed by atoms with Gasteiger partial charge < -0.3 is 24.4 Å². The molecule has 190 valence electrons. The van der Waals surface area contributed by atoms with Crippen LogP contribution in [0.3, 0.4) is 0 Å². The third-order valence-corrected chi connectivity index (χ3v) is 4.79. The average molecular weight is 506 g/mol. The van der Waals surface area contributed by atoms with Gasteiger partial charge in [-0.15, -0.1) is 0 Å². The van der Waals surface area contributed by atoms with Crippen LogP contribution in [0.5, 0.6) is 11.5 Å². The van der Waals surface area contributed by atoms with Gasteiger partial charge in [0.1, 0.15) is 11.5 Å². The second kappa shape index (κ2) is 10.8. The summed E-state index contributed by atoms with van der Waals surface area (Å²) < 4.78 is 90.6. The Labute approximate surface area is 195 Å². The van der Waals surface area contributed by atoms with Crippen molar-refractivity contribution in [1.82, 2.24) is 4.90 Å². The number of rotatable bonds is 8. The molecule has 1 N–H and O–H groups in total. The third kappa shape index (κ3) is 7.25. The molecule has 13 heteroatoms. The number of ether oxygens (including phenoxy) is 3. The minimum absolute atomic E-state index is 0.0234. The number of hydrogen-bond donors (Lipinski definition) is 1. The molecule has 2 aromatic carbocycles. The molecule has 3 rings (SSSR count). The van der Waals surface area contributed by atoms with Gasteiger partial charge in [0.15, 0.2) is 6.61 Å². The summed E-state index contributed by atoms with van der Waals surface area (Å²) in [6, 6.07) is 9.73. The number of benzene rings is 2. The van der Waals surface area contributed by atoms with Crippen LogP contribution < -0.4 is 14.8 Å². The molecule has 2 aromatic rings. The van der Waals surface area contributed by atoms with Crippen molar-refractivity contribution in [3.8, 4) is 11.5 Å². The summed E-state index contributed by atoms with van der Waals surface area (Å²) in [4.78, 5) is 26.0. The third-order valence-electron chi connectivity index (χ3n) is 4.79. The normalized spacial score (nSPS) is 15.3. The Balaban J connectivity index is 1.51. The molecule has 7 nitrogen and oxygen atoms in total. The summed E-state index contributed by atoms with van der Waals surface area (Å²) in [5, 5.41) is 2.53. The van der Waals surface area contributed by atoms with Crippen LogP contribution in [0.4, 0.5) is 32.0 Å². The van der Waals surface area contributed by atoms with Gasteiger partial charge in [-0.05, 0) is 48.5 Å². The number of carbonyl (C=O) groups excluding carboxylic acids is 2. The monoisotopic (exact) mass is 506 g/mol. The fourth-order valence-electron chi connectivity index (χ4n) is 2.96. The average Bonchev–Trinajstić information content (AvgIpc) is 2.83. The fourth-order valence-corrected chi connectivity index (χ4v) is 2.96. The zero-order chi connectivity index (χ0) is 25.6. The first-order valence-electron chi connectivity index (χ1n) is 10.2. The highest BCUT2D eigenvalue weighted by molar-refractivity contribution is 6.04. The van der Waals surface area contributed by atoms with E-state index in [1.54, 1.807) is 4.90 Å². The van der Waals surface area contributed by atoms with Crippen LogP contribution in [0.1, 0.15) is 10.4 Å². The molecule has 0 spiro atoms. The van der Waals surface area contributed by atoms with E-state index in [-0.39, 0.29) is 18.1 Å². The first kappa shape index (κ1) is 26.1. The highest BCUT2D eigenvalue weighted by Crippen LogP contribution is 2.36. The predicted octanol–water partition coefficient (Wildman–Crippen LogP) is 4.05. The maximum Gasteiger partial charge on any atom is 0.439 e. The number of carbonyl (C=O) groups is 2. The lowest BCUT2D eigenvalue weighted by Gasteiger charge is -2.26. The zero-order valence-corrected chi connectivity index (χ0v) is 18.0. The summed E-state index contributed by atoms with van der Waals surface area (Å²) in [6.45, 7) is 1.77. The molecule has 1 aliphatic rings. The van der Waals surface area contributed by atoms with E-state index in [9.17, 15) is 35.9 Å². The number of hydrogen-bond acceptors (Lipinski definition) is 5. The largest absolute Gasteiger partial charge is 0.484 e. The lowest BCUT2D eigenvalue weighted by Crippen LogP contribution is -2.45. The number of morpholine rings is 1. The van der Waals surface area contributed by atoms with E-state index >= 15 is 0 Å². The van der Waals surface area contributed by atoms with E-state index in [1.165, 1.54) is 24.3 Å². The standard InChI is InChI=1S/C22H20F6N2O5/c23-20(21(24,25)26)22(27,28)35-17-5-1-14(2-6-17)19(32)29-15-3-7-16(8-4-15)34-13-18(31)30-9-11-33-12-10-30/h1-8,20H,9-13H2,(H,29,32)/t20-/m0/s1. The molecule has 1 fully saturated rings. The Kier molecular flexibility index (Phi) is 8.10. The van der Waals surface area contributed by atoms with E-state index in [1.807, 2.05) is 0 Å². The molecule has 1 atom stereocenters. The van der Waals surface area contributed by atoms with Crippen molar-refractivity contribution in [2.45, 2.75) is 18.5 Å². The summed E-state index contributed by atoms with van der Waals surface area (Å²) in [7, 11) is 0. The molecule has 1 heterocycles. The Morgan fingerprint density at radius 3 is 2.09 bits per heavy atom. The molecule has 1 aliphatic heterocycles. The van der Waals surface area contributed by atoms with Crippen LogP contribution >= 0.6 is 0 Å². The number of nitrogens with zero attached hydrogens (tertiary/aromatic N) is 1. The molecule has 35 heavy (non-hydrogen) atoms. The highest BCUT2D eigenvalue weighted by atomic mass is 19.4. The van der Waals surface area contributed by atoms with Crippen LogP contribution in [0.15, 0.2) is 48.5 Å². The molecule has 2 amide bonds. The van der Waals surface area contributed by atoms with E-state index < -0.39 is 30.1 Å². The highest BCUT2D eigenvalue weighted by Gasteiger charge is 2.59. The smallest absolute Gasteiger partial charge is 0.439 e. The molecule has 0 aliphatic carbocycles. The van der Waals surface area contributed by atoms with Gasteiger partial charge in [-0.3, -0.25) is 9.59 Å². The van der Waals surface area contributed by atoms with Crippen molar-refractivity contribution in [3.05, 3.63) is 54.1 Å². The summed E-state index contributed by atoms with van der Waals surface area (Å²) in [5.74, 6) is -1.21.